The second kappa shape index (κ2) is 9.19. The molecule has 3 atom stereocenters. The maximum absolute atomic E-state index is 14.0. The Balaban J connectivity index is 1.44. The monoisotopic (exact) mass is 584 g/mol. The number of aromatic nitrogens is 3. The first-order valence-electron chi connectivity index (χ1n) is 13.9. The Morgan fingerprint density at radius 2 is 1.87 bits per heavy atom. The smallest absolute Gasteiger partial charge is 0.220 e. The first kappa shape index (κ1) is 24.8. The Morgan fingerprint density at radius 3 is 2.54 bits per heavy atom. The minimum absolute atomic E-state index is 0.00606. The Bertz CT molecular complexity index is 1520. The fourth-order valence-corrected chi connectivity index (χ4v) is 9.07. The molecule has 4 saturated carbocycles. The lowest BCUT2D eigenvalue weighted by Gasteiger charge is -2.66. The van der Waals surface area contributed by atoms with Crippen molar-refractivity contribution in [1.29, 1.82) is 0 Å². The van der Waals surface area contributed by atoms with Crippen LogP contribution in [0.4, 0.5) is 0 Å². The summed E-state index contributed by atoms with van der Waals surface area (Å²) in [5, 5.41) is 1.02. The molecule has 0 radical (unpaired) electrons. The van der Waals surface area contributed by atoms with Gasteiger partial charge in [-0.15, -0.1) is 0 Å². The molecule has 4 aromatic rings. The third-order valence-corrected chi connectivity index (χ3v) is 10.0. The number of imidazole rings is 1. The van der Waals surface area contributed by atoms with Crippen molar-refractivity contribution in [3.63, 3.8) is 0 Å². The fraction of sp³-hybridized carbons (Fsp3) is 0.406. The highest BCUT2D eigenvalue weighted by Gasteiger charge is 2.62. The highest BCUT2D eigenvalue weighted by atomic mass is 79.9. The summed E-state index contributed by atoms with van der Waals surface area (Å²) < 4.78 is 9.29. The van der Waals surface area contributed by atoms with E-state index in [-0.39, 0.29) is 23.0 Å². The van der Waals surface area contributed by atoms with E-state index < -0.39 is 0 Å². The van der Waals surface area contributed by atoms with Gasteiger partial charge < -0.3 is 14.2 Å². The van der Waals surface area contributed by atoms with E-state index in [0.29, 0.717) is 17.7 Å². The summed E-state index contributed by atoms with van der Waals surface area (Å²) >= 11 is 3.63. The lowest BCUT2D eigenvalue weighted by Crippen LogP contribution is -2.67. The van der Waals surface area contributed by atoms with Gasteiger partial charge in [0.25, 0.3) is 0 Å². The predicted octanol–water partition coefficient (Wildman–Crippen LogP) is 6.89. The van der Waals surface area contributed by atoms with Crippen molar-refractivity contribution in [3.05, 3.63) is 88.9 Å². The van der Waals surface area contributed by atoms with Gasteiger partial charge in [-0.3, -0.25) is 4.79 Å². The highest BCUT2D eigenvalue weighted by Crippen LogP contribution is 2.63. The summed E-state index contributed by atoms with van der Waals surface area (Å²) in [6.45, 7) is 1.75. The first-order chi connectivity index (χ1) is 18.9. The number of nitrogens with zero attached hydrogens (tertiary/aromatic N) is 4. The van der Waals surface area contributed by atoms with E-state index in [4.69, 9.17) is 9.72 Å². The number of fused-ring (bicyclic) bond motifs is 1. The lowest BCUT2D eigenvalue weighted by atomic mass is 9.49. The van der Waals surface area contributed by atoms with Gasteiger partial charge in [-0.25, -0.2) is 9.97 Å². The van der Waals surface area contributed by atoms with Crippen LogP contribution in [0.25, 0.3) is 10.9 Å². The quantitative estimate of drug-likeness (QED) is 0.247. The van der Waals surface area contributed by atoms with E-state index in [1.165, 1.54) is 6.42 Å². The van der Waals surface area contributed by atoms with E-state index in [2.05, 4.69) is 73.0 Å². The van der Waals surface area contributed by atoms with Gasteiger partial charge in [-0.05, 0) is 80.2 Å². The molecule has 4 fully saturated rings. The molecule has 7 heteroatoms. The van der Waals surface area contributed by atoms with Crippen LogP contribution in [0, 0.1) is 11.8 Å². The molecule has 200 valence electrons. The lowest BCUT2D eigenvalue weighted by molar-refractivity contribution is -0.162. The fourth-order valence-electron chi connectivity index (χ4n) is 8.69. The summed E-state index contributed by atoms with van der Waals surface area (Å²) in [4.78, 5) is 25.6. The minimum Gasteiger partial charge on any atom is -0.481 e. The van der Waals surface area contributed by atoms with E-state index in [9.17, 15) is 4.79 Å². The number of methoxy groups -OCH3 is 1. The largest absolute Gasteiger partial charge is 0.481 e. The van der Waals surface area contributed by atoms with Crippen molar-refractivity contribution in [2.24, 2.45) is 11.8 Å². The molecule has 2 aromatic carbocycles. The predicted molar refractivity (Wildman–Crippen MR) is 154 cm³/mol. The van der Waals surface area contributed by atoms with Crippen molar-refractivity contribution in [3.8, 4) is 5.88 Å². The SMILES string of the molecule is COc1nc2ccc(Br)cc2cc1C(c1ccccc1)N(C(C)=O)C12CC3CC(C1)CC(n1ccnc1)(C3)C2. The number of amides is 1. The molecular weight excluding hydrogens is 552 g/mol. The summed E-state index contributed by atoms with van der Waals surface area (Å²) in [5.74, 6) is 1.86. The summed E-state index contributed by atoms with van der Waals surface area (Å²) in [7, 11) is 1.68. The van der Waals surface area contributed by atoms with Crippen LogP contribution >= 0.6 is 15.9 Å². The van der Waals surface area contributed by atoms with Crippen LogP contribution in [0.15, 0.2) is 77.8 Å². The van der Waals surface area contributed by atoms with Gasteiger partial charge in [-0.1, -0.05) is 46.3 Å². The molecule has 4 aliphatic carbocycles. The van der Waals surface area contributed by atoms with Crippen molar-refractivity contribution < 1.29 is 9.53 Å². The van der Waals surface area contributed by atoms with Gasteiger partial charge in [-0.2, -0.15) is 0 Å². The number of hydrogen-bond donors (Lipinski definition) is 0. The Labute approximate surface area is 237 Å². The Hall–Kier alpha value is -3.19. The van der Waals surface area contributed by atoms with Gasteiger partial charge in [0.05, 0.1) is 25.0 Å². The van der Waals surface area contributed by atoms with Crippen molar-refractivity contribution in [2.75, 3.05) is 7.11 Å². The van der Waals surface area contributed by atoms with Gasteiger partial charge in [0, 0.05) is 45.8 Å². The molecule has 4 aliphatic rings. The average Bonchev–Trinajstić information content (AvgIpc) is 3.47. The average molecular weight is 586 g/mol. The number of carbonyl (C=O) groups is 1. The van der Waals surface area contributed by atoms with Crippen molar-refractivity contribution in [2.45, 2.75) is 62.6 Å². The number of pyridine rings is 1. The van der Waals surface area contributed by atoms with Crippen molar-refractivity contribution >= 4 is 32.7 Å². The second-order valence-electron chi connectivity index (χ2n) is 12.0. The maximum Gasteiger partial charge on any atom is 0.220 e. The number of ether oxygens (including phenoxy) is 1. The molecule has 1 amide bonds. The maximum atomic E-state index is 14.0. The molecule has 0 aliphatic heterocycles. The standard InChI is InChI=1S/C32H33BrN4O2/c1-21(38)37(32-17-22-12-23(18-32)16-31(15-22,19-32)36-11-10-34-20-36)29(24-6-4-3-5-7-24)27-14-25-13-26(33)8-9-28(25)35-30(27)39-2/h3-11,13-14,20,22-23,29H,12,15-19H2,1-2H3. The zero-order valence-corrected chi connectivity index (χ0v) is 24.0. The Morgan fingerprint density at radius 1 is 1.10 bits per heavy atom. The summed E-state index contributed by atoms with van der Waals surface area (Å²) in [6.07, 6.45) is 12.6. The first-order valence-corrected chi connectivity index (χ1v) is 14.7. The number of benzene rings is 2. The molecular formula is C32H33BrN4O2. The van der Waals surface area contributed by atoms with Gasteiger partial charge in [0.2, 0.25) is 11.8 Å². The highest BCUT2D eigenvalue weighted by molar-refractivity contribution is 9.10. The molecule has 3 unspecified atom stereocenters. The van der Waals surface area contributed by atoms with E-state index in [1.807, 2.05) is 30.7 Å². The number of halogens is 1. The van der Waals surface area contributed by atoms with Crippen LogP contribution in [-0.4, -0.2) is 38.0 Å². The number of hydrogen-bond acceptors (Lipinski definition) is 4. The molecule has 2 aromatic heterocycles. The number of rotatable bonds is 6. The van der Waals surface area contributed by atoms with Crippen LogP contribution in [0.5, 0.6) is 5.88 Å². The van der Waals surface area contributed by atoms with Crippen LogP contribution in [-0.2, 0) is 10.3 Å². The third kappa shape index (κ3) is 4.00. The van der Waals surface area contributed by atoms with Crippen LogP contribution in [0.3, 0.4) is 0 Å². The number of carbonyl (C=O) groups excluding carboxylic acids is 1. The molecule has 4 bridgehead atoms. The molecule has 0 spiro atoms. The normalized spacial score (nSPS) is 28.0. The molecule has 39 heavy (non-hydrogen) atoms. The minimum atomic E-state index is -0.314. The molecule has 0 N–H and O–H groups in total. The molecule has 0 saturated heterocycles. The second-order valence-corrected chi connectivity index (χ2v) is 12.9. The van der Waals surface area contributed by atoms with Gasteiger partial charge in [0.15, 0.2) is 0 Å². The summed E-state index contributed by atoms with van der Waals surface area (Å²) in [5.41, 5.74) is 2.63. The van der Waals surface area contributed by atoms with E-state index in [1.54, 1.807) is 14.0 Å². The van der Waals surface area contributed by atoms with Crippen LogP contribution in [0.1, 0.15) is 62.6 Å². The van der Waals surface area contributed by atoms with E-state index >= 15 is 0 Å². The zero-order chi connectivity index (χ0) is 26.8. The molecule has 2 heterocycles. The molecule has 8 rings (SSSR count). The van der Waals surface area contributed by atoms with Crippen LogP contribution < -0.4 is 4.74 Å². The molecule has 6 nitrogen and oxygen atoms in total. The van der Waals surface area contributed by atoms with E-state index in [0.717, 1.165) is 58.6 Å². The zero-order valence-electron chi connectivity index (χ0n) is 22.4. The third-order valence-electron chi connectivity index (χ3n) is 9.53. The summed E-state index contributed by atoms with van der Waals surface area (Å²) in [6, 6.07) is 18.4. The van der Waals surface area contributed by atoms with Crippen LogP contribution in [0.2, 0.25) is 0 Å². The van der Waals surface area contributed by atoms with Gasteiger partial charge >= 0.3 is 0 Å². The topological polar surface area (TPSA) is 60.2 Å². The van der Waals surface area contributed by atoms with Crippen molar-refractivity contribution in [1.82, 2.24) is 19.4 Å². The Kier molecular flexibility index (Phi) is 5.85. The van der Waals surface area contributed by atoms with Gasteiger partial charge in [0.1, 0.15) is 0 Å².